The molecule has 0 aliphatic rings. The first kappa shape index (κ1) is 15.0. The zero-order chi connectivity index (χ0) is 14.4. The molecule has 2 aromatic rings. The van der Waals surface area contributed by atoms with Crippen LogP contribution in [-0.2, 0) is 4.74 Å². The van der Waals surface area contributed by atoms with Crippen LogP contribution in [0.3, 0.4) is 0 Å². The molecule has 0 aromatic heterocycles. The molecule has 3 nitrogen and oxygen atoms in total. The maximum Gasteiger partial charge on any atom is 0.0616 e. The number of ether oxygens (including phenoxy) is 1. The van der Waals surface area contributed by atoms with Gasteiger partial charge in [0.2, 0.25) is 0 Å². The molecule has 0 aliphatic heterocycles. The van der Waals surface area contributed by atoms with Gasteiger partial charge in [0.05, 0.1) is 6.61 Å². The number of methoxy groups -OCH3 is 1. The average Bonchev–Trinajstić information content (AvgIpc) is 2.47. The van der Waals surface area contributed by atoms with E-state index in [9.17, 15) is 0 Å². The summed E-state index contributed by atoms with van der Waals surface area (Å²) < 4.78 is 5.21. The van der Waals surface area contributed by atoms with Crippen LogP contribution < -0.4 is 5.32 Å². The Bertz CT molecular complexity index is 530. The van der Waals surface area contributed by atoms with Crippen molar-refractivity contribution in [3.05, 3.63) is 48.0 Å². The maximum absolute atomic E-state index is 9.12. The predicted molar refractivity (Wildman–Crippen MR) is 82.9 cm³/mol. The summed E-state index contributed by atoms with van der Waals surface area (Å²) in [5, 5.41) is 15.2. The van der Waals surface area contributed by atoms with E-state index < -0.39 is 0 Å². The van der Waals surface area contributed by atoms with Gasteiger partial charge >= 0.3 is 0 Å². The third-order valence-corrected chi connectivity index (χ3v) is 3.62. The van der Waals surface area contributed by atoms with Crippen LogP contribution in [-0.4, -0.2) is 31.5 Å². The van der Waals surface area contributed by atoms with Crippen molar-refractivity contribution in [2.75, 3.05) is 20.3 Å². The fourth-order valence-electron chi connectivity index (χ4n) is 2.64. The van der Waals surface area contributed by atoms with Crippen molar-refractivity contribution < 1.29 is 9.84 Å². The van der Waals surface area contributed by atoms with Gasteiger partial charge in [0, 0.05) is 25.8 Å². The summed E-state index contributed by atoms with van der Waals surface area (Å²) in [6.07, 6.45) is 0.697. The summed E-state index contributed by atoms with van der Waals surface area (Å²) in [4.78, 5) is 0. The molecule has 20 heavy (non-hydrogen) atoms. The number of aliphatic hydroxyl groups is 1. The minimum absolute atomic E-state index is 0.166. The summed E-state index contributed by atoms with van der Waals surface area (Å²) in [6, 6.07) is 15.2. The first-order valence-corrected chi connectivity index (χ1v) is 7.09. The Labute approximate surface area is 120 Å². The van der Waals surface area contributed by atoms with Crippen LogP contribution in [0.4, 0.5) is 0 Å². The van der Waals surface area contributed by atoms with Gasteiger partial charge in [0.1, 0.15) is 0 Å². The molecule has 0 aliphatic carbocycles. The molecule has 3 heteroatoms. The number of rotatable bonds is 7. The van der Waals surface area contributed by atoms with Crippen LogP contribution >= 0.6 is 0 Å². The van der Waals surface area contributed by atoms with E-state index in [2.05, 4.69) is 54.7 Å². The van der Waals surface area contributed by atoms with Crippen molar-refractivity contribution in [2.45, 2.75) is 25.4 Å². The highest BCUT2D eigenvalue weighted by Gasteiger charge is 2.14. The largest absolute Gasteiger partial charge is 0.396 e. The van der Waals surface area contributed by atoms with E-state index in [0.717, 1.165) is 0 Å². The first-order chi connectivity index (χ1) is 9.76. The molecular weight excluding hydrogens is 250 g/mol. The maximum atomic E-state index is 9.12. The van der Waals surface area contributed by atoms with E-state index in [1.165, 1.54) is 16.3 Å². The number of nitrogens with one attached hydrogen (secondary N) is 1. The van der Waals surface area contributed by atoms with Crippen molar-refractivity contribution in [3.8, 4) is 0 Å². The molecule has 0 saturated heterocycles. The van der Waals surface area contributed by atoms with Crippen LogP contribution in [0.5, 0.6) is 0 Å². The summed E-state index contributed by atoms with van der Waals surface area (Å²) in [5.74, 6) is 0. The topological polar surface area (TPSA) is 41.5 Å². The molecule has 2 N–H and O–H groups in total. The predicted octanol–water partition coefficient (Wildman–Crippen LogP) is 2.89. The molecule has 108 valence electrons. The van der Waals surface area contributed by atoms with Crippen molar-refractivity contribution >= 4 is 10.8 Å². The Morgan fingerprint density at radius 3 is 2.65 bits per heavy atom. The van der Waals surface area contributed by atoms with Gasteiger partial charge in [-0.05, 0) is 29.7 Å². The lowest BCUT2D eigenvalue weighted by Gasteiger charge is -2.23. The fourth-order valence-corrected chi connectivity index (χ4v) is 2.64. The van der Waals surface area contributed by atoms with Gasteiger partial charge in [0.25, 0.3) is 0 Å². The van der Waals surface area contributed by atoms with Crippen LogP contribution in [0.25, 0.3) is 10.8 Å². The summed E-state index contributed by atoms with van der Waals surface area (Å²) in [6.45, 7) is 2.93. The molecule has 2 rings (SSSR count). The molecule has 2 aromatic carbocycles. The highest BCUT2D eigenvalue weighted by molar-refractivity contribution is 5.86. The second-order valence-electron chi connectivity index (χ2n) is 5.12. The van der Waals surface area contributed by atoms with Gasteiger partial charge in [-0.1, -0.05) is 42.5 Å². The van der Waals surface area contributed by atoms with Gasteiger partial charge in [0.15, 0.2) is 0 Å². The third kappa shape index (κ3) is 3.57. The molecule has 0 fully saturated rings. The third-order valence-electron chi connectivity index (χ3n) is 3.62. The van der Waals surface area contributed by atoms with Gasteiger partial charge in [-0.25, -0.2) is 0 Å². The van der Waals surface area contributed by atoms with E-state index in [-0.39, 0.29) is 18.7 Å². The Hall–Kier alpha value is -1.42. The summed E-state index contributed by atoms with van der Waals surface area (Å²) >= 11 is 0. The Morgan fingerprint density at radius 2 is 1.90 bits per heavy atom. The molecular formula is C17H23NO2. The standard InChI is InChI=1S/C17H23NO2/c1-13(18-15(10-11-19)12-20-2)16-9-5-7-14-6-3-4-8-17(14)16/h3-9,13,15,18-19H,10-12H2,1-2H3. The van der Waals surface area contributed by atoms with E-state index in [4.69, 9.17) is 9.84 Å². The fraction of sp³-hybridized carbons (Fsp3) is 0.412. The van der Waals surface area contributed by atoms with Crippen LogP contribution in [0.15, 0.2) is 42.5 Å². The van der Waals surface area contributed by atoms with Crippen LogP contribution in [0, 0.1) is 0 Å². The van der Waals surface area contributed by atoms with Crippen molar-refractivity contribution in [1.82, 2.24) is 5.32 Å². The number of hydrogen-bond acceptors (Lipinski definition) is 3. The quantitative estimate of drug-likeness (QED) is 0.815. The Kier molecular flexibility index (Phi) is 5.53. The first-order valence-electron chi connectivity index (χ1n) is 7.09. The summed E-state index contributed by atoms with van der Waals surface area (Å²) in [5.41, 5.74) is 1.28. The molecule has 0 spiro atoms. The minimum Gasteiger partial charge on any atom is -0.396 e. The minimum atomic E-state index is 0.166. The normalized spacial score (nSPS) is 14.3. The molecule has 0 heterocycles. The van der Waals surface area contributed by atoms with Crippen LogP contribution in [0.1, 0.15) is 24.9 Å². The second-order valence-corrected chi connectivity index (χ2v) is 5.12. The average molecular weight is 273 g/mol. The highest BCUT2D eigenvalue weighted by atomic mass is 16.5. The smallest absolute Gasteiger partial charge is 0.0616 e. The molecule has 0 radical (unpaired) electrons. The van der Waals surface area contributed by atoms with Crippen molar-refractivity contribution in [3.63, 3.8) is 0 Å². The number of fused-ring (bicyclic) bond motifs is 1. The molecule has 0 saturated carbocycles. The van der Waals surface area contributed by atoms with Gasteiger partial charge in [-0.2, -0.15) is 0 Å². The number of aliphatic hydroxyl groups excluding tert-OH is 1. The summed E-state index contributed by atoms with van der Waals surface area (Å²) in [7, 11) is 1.69. The zero-order valence-corrected chi connectivity index (χ0v) is 12.2. The monoisotopic (exact) mass is 273 g/mol. The van der Waals surface area contributed by atoms with E-state index in [0.29, 0.717) is 13.0 Å². The van der Waals surface area contributed by atoms with Crippen LogP contribution in [0.2, 0.25) is 0 Å². The SMILES string of the molecule is COCC(CCO)NC(C)c1cccc2ccccc12. The molecule has 2 atom stereocenters. The van der Waals surface area contributed by atoms with Crippen molar-refractivity contribution in [1.29, 1.82) is 0 Å². The van der Waals surface area contributed by atoms with Crippen molar-refractivity contribution in [2.24, 2.45) is 0 Å². The second kappa shape index (κ2) is 7.39. The lowest BCUT2D eigenvalue weighted by Crippen LogP contribution is -2.36. The van der Waals surface area contributed by atoms with Gasteiger partial charge in [-0.15, -0.1) is 0 Å². The highest BCUT2D eigenvalue weighted by Crippen LogP contribution is 2.24. The lowest BCUT2D eigenvalue weighted by atomic mass is 9.99. The Morgan fingerprint density at radius 1 is 1.15 bits per heavy atom. The van der Waals surface area contributed by atoms with Gasteiger partial charge < -0.3 is 15.2 Å². The molecule has 0 bridgehead atoms. The van der Waals surface area contributed by atoms with E-state index in [1.807, 2.05) is 0 Å². The molecule has 0 amide bonds. The zero-order valence-electron chi connectivity index (χ0n) is 12.2. The number of benzene rings is 2. The number of hydrogen-bond donors (Lipinski definition) is 2. The lowest BCUT2D eigenvalue weighted by molar-refractivity contribution is 0.143. The van der Waals surface area contributed by atoms with Gasteiger partial charge in [-0.3, -0.25) is 0 Å². The van der Waals surface area contributed by atoms with E-state index in [1.54, 1.807) is 7.11 Å². The Balaban J connectivity index is 2.20. The van der Waals surface area contributed by atoms with E-state index >= 15 is 0 Å². The molecule has 2 unspecified atom stereocenters.